The summed E-state index contributed by atoms with van der Waals surface area (Å²) in [5.41, 5.74) is 2.47. The van der Waals surface area contributed by atoms with E-state index in [-0.39, 0.29) is 23.9 Å². The molecule has 0 spiro atoms. The van der Waals surface area contributed by atoms with E-state index in [1.807, 2.05) is 16.8 Å². The van der Waals surface area contributed by atoms with Crippen molar-refractivity contribution in [3.63, 3.8) is 0 Å². The minimum absolute atomic E-state index is 0.0264. The predicted molar refractivity (Wildman–Crippen MR) is 166 cm³/mol. The van der Waals surface area contributed by atoms with E-state index in [0.29, 0.717) is 22.5 Å². The van der Waals surface area contributed by atoms with Crippen molar-refractivity contribution in [3.05, 3.63) is 118 Å². The Bertz CT molecular complexity index is 1690. The van der Waals surface area contributed by atoms with E-state index in [9.17, 15) is 24.0 Å². The van der Waals surface area contributed by atoms with Crippen molar-refractivity contribution in [2.24, 2.45) is 0 Å². The van der Waals surface area contributed by atoms with Gasteiger partial charge in [0.25, 0.3) is 11.8 Å². The molecule has 1 atom stereocenters. The van der Waals surface area contributed by atoms with Crippen LogP contribution in [0.3, 0.4) is 0 Å². The van der Waals surface area contributed by atoms with Crippen LogP contribution in [0.4, 0.5) is 11.4 Å². The summed E-state index contributed by atoms with van der Waals surface area (Å²) in [6.07, 6.45) is 1.63. The van der Waals surface area contributed by atoms with Crippen molar-refractivity contribution in [3.8, 4) is 0 Å². The molecule has 43 heavy (non-hydrogen) atoms. The number of benzene rings is 3. The highest BCUT2D eigenvalue weighted by molar-refractivity contribution is 8.00. The predicted octanol–water partition coefficient (Wildman–Crippen LogP) is 5.37. The number of methoxy groups -OCH3 is 1. The van der Waals surface area contributed by atoms with E-state index in [4.69, 9.17) is 0 Å². The fourth-order valence-electron chi connectivity index (χ4n) is 4.28. The van der Waals surface area contributed by atoms with E-state index in [1.54, 1.807) is 60.7 Å². The fraction of sp³-hybridized carbons (Fsp3) is 0.0938. The first-order chi connectivity index (χ1) is 20.8. The molecule has 1 aliphatic heterocycles. The summed E-state index contributed by atoms with van der Waals surface area (Å²) < 4.78 is 4.69. The molecule has 0 saturated carbocycles. The van der Waals surface area contributed by atoms with E-state index >= 15 is 0 Å². The highest BCUT2D eigenvalue weighted by atomic mass is 32.2. The molecule has 0 aliphatic carbocycles. The van der Waals surface area contributed by atoms with Gasteiger partial charge in [-0.3, -0.25) is 19.2 Å². The average molecular weight is 612 g/mol. The molecule has 2 heterocycles. The van der Waals surface area contributed by atoms with E-state index in [1.165, 1.54) is 54.5 Å². The number of rotatable bonds is 9. The molecule has 1 aliphatic rings. The molecule has 0 radical (unpaired) electrons. The van der Waals surface area contributed by atoms with Gasteiger partial charge in [-0.2, -0.15) is 11.3 Å². The van der Waals surface area contributed by atoms with Gasteiger partial charge in [0.1, 0.15) is 5.70 Å². The van der Waals surface area contributed by atoms with Crippen LogP contribution in [-0.2, 0) is 19.1 Å². The minimum Gasteiger partial charge on any atom is -0.465 e. The molecule has 11 heteroatoms. The number of anilines is 2. The summed E-state index contributed by atoms with van der Waals surface area (Å²) in [4.78, 5) is 65.3. The van der Waals surface area contributed by atoms with Crippen molar-refractivity contribution in [1.82, 2.24) is 5.32 Å². The molecular weight excluding hydrogens is 587 g/mol. The van der Waals surface area contributed by atoms with Gasteiger partial charge in [0.15, 0.2) is 0 Å². The first kappa shape index (κ1) is 29.5. The summed E-state index contributed by atoms with van der Waals surface area (Å²) in [5, 5.41) is 8.62. The molecule has 1 saturated heterocycles. The van der Waals surface area contributed by atoms with Crippen LogP contribution in [0.1, 0.15) is 32.7 Å². The number of hydrogen-bond donors (Lipinski definition) is 2. The standard InChI is InChI=1S/C32H25N3O6S2/c1-41-32(40)22-7-11-24(12-8-22)35-28(36)18-27(31(35)39)43-25-13-9-23(10-14-25)33-30(38)26(17-20-15-16-42-19-20)34-29(37)21-5-3-2-4-6-21/h2-17,19,27H,18H2,1H3,(H,33,38)(H,34,37)/b26-17-. The molecule has 216 valence electrons. The van der Waals surface area contributed by atoms with E-state index in [0.717, 1.165) is 15.4 Å². The molecule has 1 aromatic heterocycles. The lowest BCUT2D eigenvalue weighted by Gasteiger charge is -2.15. The van der Waals surface area contributed by atoms with Gasteiger partial charge >= 0.3 is 5.97 Å². The van der Waals surface area contributed by atoms with Crippen LogP contribution in [-0.4, -0.2) is 42.0 Å². The molecule has 5 rings (SSSR count). The number of nitrogens with zero attached hydrogens (tertiary/aromatic N) is 1. The summed E-state index contributed by atoms with van der Waals surface area (Å²) in [6, 6.07) is 23.4. The number of imide groups is 1. The number of nitrogens with one attached hydrogen (secondary N) is 2. The second-order valence-electron chi connectivity index (χ2n) is 9.33. The van der Waals surface area contributed by atoms with Crippen molar-refractivity contribution in [2.75, 3.05) is 17.3 Å². The van der Waals surface area contributed by atoms with Gasteiger partial charge in [0.2, 0.25) is 11.8 Å². The Hall–Kier alpha value is -5.00. The molecule has 9 nitrogen and oxygen atoms in total. The number of thioether (sulfide) groups is 1. The lowest BCUT2D eigenvalue weighted by molar-refractivity contribution is -0.121. The Morgan fingerprint density at radius 3 is 2.30 bits per heavy atom. The maximum absolute atomic E-state index is 13.2. The number of carbonyl (C=O) groups is 5. The molecule has 0 bridgehead atoms. The fourth-order valence-corrected chi connectivity index (χ4v) is 5.95. The normalized spacial score (nSPS) is 14.9. The lowest BCUT2D eigenvalue weighted by atomic mass is 10.2. The van der Waals surface area contributed by atoms with Gasteiger partial charge in [-0.15, -0.1) is 11.8 Å². The van der Waals surface area contributed by atoms with Crippen LogP contribution >= 0.6 is 23.1 Å². The molecule has 3 aromatic carbocycles. The zero-order valence-electron chi connectivity index (χ0n) is 22.8. The molecule has 4 aromatic rings. The molecule has 1 fully saturated rings. The third-order valence-corrected chi connectivity index (χ3v) is 8.32. The van der Waals surface area contributed by atoms with Crippen LogP contribution in [0.2, 0.25) is 0 Å². The SMILES string of the molecule is COC(=O)c1ccc(N2C(=O)CC(Sc3ccc(NC(=O)/C(=C/c4ccsc4)NC(=O)c4ccccc4)cc3)C2=O)cc1. The zero-order valence-corrected chi connectivity index (χ0v) is 24.4. The van der Waals surface area contributed by atoms with Crippen LogP contribution in [0, 0.1) is 0 Å². The summed E-state index contributed by atoms with van der Waals surface area (Å²) in [5.74, 6) is -2.10. The maximum Gasteiger partial charge on any atom is 0.337 e. The smallest absolute Gasteiger partial charge is 0.337 e. The Morgan fingerprint density at radius 1 is 0.930 bits per heavy atom. The topological polar surface area (TPSA) is 122 Å². The first-order valence-electron chi connectivity index (χ1n) is 13.1. The monoisotopic (exact) mass is 611 g/mol. The van der Waals surface area contributed by atoms with Gasteiger partial charge in [0, 0.05) is 22.6 Å². The highest BCUT2D eigenvalue weighted by Crippen LogP contribution is 2.34. The van der Waals surface area contributed by atoms with Crippen LogP contribution in [0.5, 0.6) is 0 Å². The number of amides is 4. The Balaban J connectivity index is 1.24. The molecular formula is C32H25N3O6S2. The Labute approximate surface area is 255 Å². The van der Waals surface area contributed by atoms with Crippen molar-refractivity contribution in [2.45, 2.75) is 16.6 Å². The summed E-state index contributed by atoms with van der Waals surface area (Å²) in [7, 11) is 1.28. The quantitative estimate of drug-likeness (QED) is 0.148. The highest BCUT2D eigenvalue weighted by Gasteiger charge is 2.40. The lowest BCUT2D eigenvalue weighted by Crippen LogP contribution is -2.31. The number of hydrogen-bond acceptors (Lipinski definition) is 8. The Kier molecular flexibility index (Phi) is 9.14. The second kappa shape index (κ2) is 13.3. The summed E-state index contributed by atoms with van der Waals surface area (Å²) >= 11 is 2.72. The van der Waals surface area contributed by atoms with Gasteiger partial charge in [-0.05, 0) is 89.1 Å². The number of carbonyl (C=O) groups excluding carboxylic acids is 5. The third-order valence-electron chi connectivity index (χ3n) is 6.43. The number of thiophene rings is 1. The third kappa shape index (κ3) is 7.08. The van der Waals surface area contributed by atoms with Crippen LogP contribution in [0.15, 0.2) is 106 Å². The molecule has 1 unspecified atom stereocenters. The summed E-state index contributed by atoms with van der Waals surface area (Å²) in [6.45, 7) is 0. The van der Waals surface area contributed by atoms with Gasteiger partial charge in [-0.25, -0.2) is 9.69 Å². The van der Waals surface area contributed by atoms with E-state index in [2.05, 4.69) is 15.4 Å². The van der Waals surface area contributed by atoms with E-state index < -0.39 is 23.0 Å². The van der Waals surface area contributed by atoms with Crippen LogP contribution < -0.4 is 15.5 Å². The largest absolute Gasteiger partial charge is 0.465 e. The van der Waals surface area contributed by atoms with Crippen molar-refractivity contribution in [1.29, 1.82) is 0 Å². The average Bonchev–Trinajstić information content (AvgIpc) is 3.64. The Morgan fingerprint density at radius 2 is 1.65 bits per heavy atom. The molecule has 4 amide bonds. The first-order valence-corrected chi connectivity index (χ1v) is 14.9. The second-order valence-corrected chi connectivity index (χ2v) is 11.4. The van der Waals surface area contributed by atoms with Gasteiger partial charge in [-0.1, -0.05) is 18.2 Å². The number of ether oxygens (including phenoxy) is 1. The van der Waals surface area contributed by atoms with Gasteiger partial charge in [0.05, 0.1) is 23.6 Å². The van der Waals surface area contributed by atoms with Gasteiger partial charge < -0.3 is 15.4 Å². The maximum atomic E-state index is 13.2. The molecule has 2 N–H and O–H groups in total. The minimum atomic E-state index is -0.624. The van der Waals surface area contributed by atoms with Crippen LogP contribution in [0.25, 0.3) is 6.08 Å². The van der Waals surface area contributed by atoms with Crippen molar-refractivity contribution >= 4 is 70.1 Å². The zero-order chi connectivity index (χ0) is 30.3. The van der Waals surface area contributed by atoms with Crippen molar-refractivity contribution < 1.29 is 28.7 Å². The number of esters is 1.